The molecule has 0 heterocycles. The summed E-state index contributed by atoms with van der Waals surface area (Å²) in [6, 6.07) is 0. The lowest BCUT2D eigenvalue weighted by atomic mass is 9.47. The molecular formula is C27H45NO2. The first-order valence-corrected chi connectivity index (χ1v) is 13.0. The maximum atomic E-state index is 10.6. The molecule has 0 spiro atoms. The molecule has 4 aliphatic rings. The molecule has 4 aliphatic carbocycles. The van der Waals surface area contributed by atoms with Crippen molar-refractivity contribution in [2.75, 3.05) is 0 Å². The van der Waals surface area contributed by atoms with E-state index in [1.54, 1.807) is 5.57 Å². The predicted octanol–water partition coefficient (Wildman–Crippen LogP) is 8.09. The molecule has 30 heavy (non-hydrogen) atoms. The summed E-state index contributed by atoms with van der Waals surface area (Å²) in [6.45, 7) is 12.5. The van der Waals surface area contributed by atoms with Gasteiger partial charge in [0.1, 0.15) is 6.10 Å². The van der Waals surface area contributed by atoms with E-state index in [2.05, 4.69) is 46.0 Å². The Balaban J connectivity index is 1.47. The molecule has 0 amide bonds. The van der Waals surface area contributed by atoms with E-state index >= 15 is 0 Å². The number of fused-ring (bicyclic) bond motifs is 5. The minimum Gasteiger partial charge on any atom is -0.360 e. The lowest BCUT2D eigenvalue weighted by molar-refractivity contribution is -0.0640. The Bertz CT molecular complexity index is 657. The van der Waals surface area contributed by atoms with Gasteiger partial charge >= 0.3 is 0 Å². The summed E-state index contributed by atoms with van der Waals surface area (Å²) < 4.78 is 0. The summed E-state index contributed by atoms with van der Waals surface area (Å²) in [6.07, 6.45) is 16.9. The number of allylic oxidation sites excluding steroid dienone is 1. The fraction of sp³-hybridized carbons (Fsp3) is 0.926. The number of hydrogen-bond acceptors (Lipinski definition) is 3. The number of hydrogen-bond donors (Lipinski definition) is 0. The second-order valence-corrected chi connectivity index (χ2v) is 12.3. The van der Waals surface area contributed by atoms with Gasteiger partial charge in [-0.05, 0) is 91.3 Å². The van der Waals surface area contributed by atoms with Crippen LogP contribution >= 0.6 is 0 Å². The van der Waals surface area contributed by atoms with Gasteiger partial charge in [0.15, 0.2) is 5.34 Å². The van der Waals surface area contributed by atoms with Crippen LogP contribution in [0.3, 0.4) is 0 Å². The second-order valence-electron chi connectivity index (χ2n) is 12.3. The van der Waals surface area contributed by atoms with Crippen molar-refractivity contribution in [3.8, 4) is 0 Å². The van der Waals surface area contributed by atoms with Gasteiger partial charge in [-0.25, -0.2) is 0 Å². The average Bonchev–Trinajstić information content (AvgIpc) is 3.05. The van der Waals surface area contributed by atoms with E-state index in [1.165, 1.54) is 57.8 Å². The zero-order valence-corrected chi connectivity index (χ0v) is 20.2. The van der Waals surface area contributed by atoms with Gasteiger partial charge in [0.25, 0.3) is 0 Å². The van der Waals surface area contributed by atoms with E-state index in [-0.39, 0.29) is 6.10 Å². The van der Waals surface area contributed by atoms with Gasteiger partial charge in [0, 0.05) is 6.42 Å². The summed E-state index contributed by atoms with van der Waals surface area (Å²) >= 11 is 0. The third kappa shape index (κ3) is 3.77. The molecule has 3 heteroatoms. The largest absolute Gasteiger partial charge is 0.360 e. The molecule has 0 bridgehead atoms. The van der Waals surface area contributed by atoms with Crippen LogP contribution in [0.4, 0.5) is 0 Å². The highest BCUT2D eigenvalue weighted by Gasteiger charge is 2.59. The van der Waals surface area contributed by atoms with Crippen LogP contribution < -0.4 is 0 Å². The van der Waals surface area contributed by atoms with Crippen molar-refractivity contribution in [3.05, 3.63) is 16.6 Å². The number of nitrogens with zero attached hydrogens (tertiary/aromatic N) is 1. The molecule has 0 aromatic rings. The number of rotatable bonds is 7. The minimum atomic E-state index is 0.00906. The van der Waals surface area contributed by atoms with Crippen molar-refractivity contribution in [2.24, 2.45) is 51.7 Å². The quantitative estimate of drug-likeness (QED) is 0.239. The van der Waals surface area contributed by atoms with Crippen LogP contribution in [-0.2, 0) is 4.84 Å². The first kappa shape index (κ1) is 22.3. The van der Waals surface area contributed by atoms with Gasteiger partial charge in [-0.3, -0.25) is 0 Å². The van der Waals surface area contributed by atoms with Crippen molar-refractivity contribution < 1.29 is 4.84 Å². The fourth-order valence-electron chi connectivity index (χ4n) is 8.80. The molecule has 0 aliphatic heterocycles. The molecule has 3 nitrogen and oxygen atoms in total. The molecule has 3 saturated carbocycles. The van der Waals surface area contributed by atoms with Gasteiger partial charge in [-0.15, -0.1) is 4.91 Å². The van der Waals surface area contributed by atoms with Crippen LogP contribution in [0.2, 0.25) is 0 Å². The maximum absolute atomic E-state index is 10.6. The average molecular weight is 416 g/mol. The first-order chi connectivity index (χ1) is 14.3. The van der Waals surface area contributed by atoms with E-state index < -0.39 is 0 Å². The molecule has 0 N–H and O–H groups in total. The van der Waals surface area contributed by atoms with Gasteiger partial charge in [0.2, 0.25) is 0 Å². The smallest absolute Gasteiger partial charge is 0.155 e. The SMILES string of the molecule is CC(C)CCCC(C)[C@H]1CC[C@H]2[C@@H]3CC=C4C[C@@H](ON=O)CC[C@]4(C)[C@H]3CC[C@]12C. The third-order valence-corrected chi connectivity index (χ3v) is 10.5. The Kier molecular flexibility index (Phi) is 6.39. The van der Waals surface area contributed by atoms with Crippen LogP contribution in [0.25, 0.3) is 0 Å². The van der Waals surface area contributed by atoms with Crippen LogP contribution in [0.1, 0.15) is 105 Å². The predicted molar refractivity (Wildman–Crippen MR) is 124 cm³/mol. The molecule has 3 fully saturated rings. The molecule has 0 aromatic heterocycles. The van der Waals surface area contributed by atoms with Crippen LogP contribution in [0.5, 0.6) is 0 Å². The Morgan fingerprint density at radius 1 is 1.07 bits per heavy atom. The second kappa shape index (κ2) is 8.58. The van der Waals surface area contributed by atoms with E-state index in [1.807, 2.05) is 0 Å². The van der Waals surface area contributed by atoms with Crippen molar-refractivity contribution in [1.82, 2.24) is 0 Å². The molecule has 1 unspecified atom stereocenters. The zero-order valence-electron chi connectivity index (χ0n) is 20.2. The molecule has 170 valence electrons. The summed E-state index contributed by atoms with van der Waals surface area (Å²) in [7, 11) is 0. The third-order valence-electron chi connectivity index (χ3n) is 10.5. The Morgan fingerprint density at radius 3 is 2.60 bits per heavy atom. The normalized spacial score (nSPS) is 43.9. The molecular weight excluding hydrogens is 370 g/mol. The minimum absolute atomic E-state index is 0.00906. The Labute approximate surface area is 184 Å². The van der Waals surface area contributed by atoms with Crippen LogP contribution in [0.15, 0.2) is 17.0 Å². The first-order valence-electron chi connectivity index (χ1n) is 13.0. The lowest BCUT2D eigenvalue weighted by Gasteiger charge is -2.58. The van der Waals surface area contributed by atoms with Gasteiger partial charge in [-0.1, -0.05) is 65.5 Å². The fourth-order valence-corrected chi connectivity index (χ4v) is 8.80. The molecule has 8 atom stereocenters. The monoisotopic (exact) mass is 415 g/mol. The highest BCUT2D eigenvalue weighted by atomic mass is 16.7. The highest BCUT2D eigenvalue weighted by Crippen LogP contribution is 2.67. The van der Waals surface area contributed by atoms with Crippen molar-refractivity contribution >= 4 is 0 Å². The van der Waals surface area contributed by atoms with Gasteiger partial charge < -0.3 is 4.84 Å². The van der Waals surface area contributed by atoms with Crippen LogP contribution in [-0.4, -0.2) is 6.10 Å². The Morgan fingerprint density at radius 2 is 1.87 bits per heavy atom. The maximum Gasteiger partial charge on any atom is 0.155 e. The van der Waals surface area contributed by atoms with E-state index in [0.29, 0.717) is 10.8 Å². The zero-order chi connectivity index (χ0) is 21.5. The topological polar surface area (TPSA) is 38.7 Å². The molecule has 0 saturated heterocycles. The van der Waals surface area contributed by atoms with Gasteiger partial charge in [0.05, 0.1) is 0 Å². The van der Waals surface area contributed by atoms with Crippen molar-refractivity contribution in [2.45, 2.75) is 111 Å². The van der Waals surface area contributed by atoms with Crippen molar-refractivity contribution in [3.63, 3.8) is 0 Å². The van der Waals surface area contributed by atoms with E-state index in [4.69, 9.17) is 4.84 Å². The van der Waals surface area contributed by atoms with E-state index in [9.17, 15) is 4.91 Å². The molecule has 0 aromatic carbocycles. The summed E-state index contributed by atoms with van der Waals surface area (Å²) in [4.78, 5) is 15.7. The highest BCUT2D eigenvalue weighted by molar-refractivity contribution is 5.25. The standard InChI is InChI=1S/C27H45NO2/c1-18(2)7-6-8-19(3)23-11-12-24-22-10-9-20-17-21(30-28-29)13-15-26(20,4)25(22)14-16-27(23,24)5/h9,18-19,21-25H,6-8,10-17H2,1-5H3/t19?,21-,22-,23+,24-,25-,26-,27+/m0/s1. The molecule has 4 rings (SSSR count). The van der Waals surface area contributed by atoms with E-state index in [0.717, 1.165) is 48.3 Å². The summed E-state index contributed by atoms with van der Waals surface area (Å²) in [5.41, 5.74) is 2.46. The van der Waals surface area contributed by atoms with Gasteiger partial charge in [-0.2, -0.15) is 0 Å². The summed E-state index contributed by atoms with van der Waals surface area (Å²) in [5, 5.41) is 2.73. The molecule has 0 radical (unpaired) electrons. The van der Waals surface area contributed by atoms with Crippen molar-refractivity contribution in [1.29, 1.82) is 0 Å². The lowest BCUT2D eigenvalue weighted by Crippen LogP contribution is -2.50. The summed E-state index contributed by atoms with van der Waals surface area (Å²) in [5.74, 6) is 5.25. The Hall–Kier alpha value is -0.860. The van der Waals surface area contributed by atoms with Crippen LogP contribution in [0, 0.1) is 51.2 Å².